The Bertz CT molecular complexity index is 1020. The lowest BCUT2D eigenvalue weighted by Gasteiger charge is -2.34. The predicted octanol–water partition coefficient (Wildman–Crippen LogP) is 5.98. The number of aromatic nitrogens is 1. The molecule has 3 aliphatic carbocycles. The molecular weight excluding hydrogens is 443 g/mol. The monoisotopic (exact) mass is 477 g/mol. The number of aromatic amines is 1. The largest absolute Gasteiger partial charge is 0.494 e. The highest BCUT2D eigenvalue weighted by molar-refractivity contribution is 6.03. The fraction of sp³-hybridized carbons (Fsp3) is 0.654. The number of hydrogen-bond acceptors (Lipinski definition) is 3. The number of nitrogens with zero attached hydrogens (tertiary/aromatic N) is 1. The zero-order valence-corrected chi connectivity index (χ0v) is 19.7. The Morgan fingerprint density at radius 2 is 2.00 bits per heavy atom. The predicted molar refractivity (Wildman–Crippen MR) is 126 cm³/mol. The molecule has 1 aromatic heterocycles. The Kier molecular flexibility index (Phi) is 6.29. The average Bonchev–Trinajstić information content (AvgIpc) is 3.28. The molecule has 34 heavy (non-hydrogen) atoms. The van der Waals surface area contributed by atoms with Crippen LogP contribution in [0.3, 0.4) is 0 Å². The van der Waals surface area contributed by atoms with Crippen LogP contribution in [0.2, 0.25) is 0 Å². The number of fused-ring (bicyclic) bond motifs is 1. The molecule has 5 nitrogen and oxygen atoms in total. The zero-order chi connectivity index (χ0) is 23.9. The number of halogens is 3. The number of carbonyl (C=O) groups is 1. The molecule has 0 bridgehead atoms. The van der Waals surface area contributed by atoms with Crippen molar-refractivity contribution in [2.45, 2.75) is 57.5 Å². The molecule has 5 rings (SSSR count). The van der Waals surface area contributed by atoms with Crippen LogP contribution >= 0.6 is 0 Å². The van der Waals surface area contributed by atoms with Crippen LogP contribution < -0.4 is 10.1 Å². The van der Waals surface area contributed by atoms with E-state index in [1.54, 1.807) is 7.05 Å². The lowest BCUT2D eigenvalue weighted by Crippen LogP contribution is -2.35. The summed E-state index contributed by atoms with van der Waals surface area (Å²) in [6.07, 6.45) is 6.19. The second-order valence-electron chi connectivity index (χ2n) is 11.0. The third kappa shape index (κ3) is 5.53. The standard InChI is InChI=1S/C26H34F3N3O2/c1-32(16-26(27,28)29)15-18-3-2-17(10-18)6-9-34-20-4-5-22-21(11-20)23(14-30-22)31-24(33)19-12-25(13-19)7-8-25/h4-5,11,14,17-19,30H,2-3,6-10,12-13,15-16H2,1H3,(H,31,33)/t17-,18-/m0/s1. The molecule has 1 aromatic carbocycles. The molecule has 0 saturated heterocycles. The lowest BCUT2D eigenvalue weighted by atomic mass is 9.71. The van der Waals surface area contributed by atoms with Gasteiger partial charge in [-0.1, -0.05) is 0 Å². The summed E-state index contributed by atoms with van der Waals surface area (Å²) in [6, 6.07) is 5.86. The van der Waals surface area contributed by atoms with Crippen molar-refractivity contribution in [1.29, 1.82) is 0 Å². The van der Waals surface area contributed by atoms with Crippen LogP contribution in [0.5, 0.6) is 5.75 Å². The number of alkyl halides is 3. The van der Waals surface area contributed by atoms with E-state index < -0.39 is 12.7 Å². The van der Waals surface area contributed by atoms with E-state index in [0.29, 0.717) is 30.4 Å². The van der Waals surface area contributed by atoms with Gasteiger partial charge >= 0.3 is 6.18 Å². The van der Waals surface area contributed by atoms with Gasteiger partial charge in [-0.25, -0.2) is 0 Å². The molecule has 1 amide bonds. The van der Waals surface area contributed by atoms with Gasteiger partial charge in [0.05, 0.1) is 18.8 Å². The Balaban J connectivity index is 1.08. The molecule has 0 aliphatic heterocycles. The minimum Gasteiger partial charge on any atom is -0.494 e. The molecule has 0 radical (unpaired) electrons. The van der Waals surface area contributed by atoms with E-state index in [1.165, 1.54) is 17.7 Å². The summed E-state index contributed by atoms with van der Waals surface area (Å²) in [4.78, 5) is 17.2. The van der Waals surface area contributed by atoms with Crippen LogP contribution in [0.15, 0.2) is 24.4 Å². The zero-order valence-electron chi connectivity index (χ0n) is 19.7. The van der Waals surface area contributed by atoms with E-state index in [1.807, 2.05) is 24.4 Å². The number of hydrogen-bond donors (Lipinski definition) is 2. The molecule has 0 unspecified atom stereocenters. The fourth-order valence-corrected chi connectivity index (χ4v) is 6.05. The highest BCUT2D eigenvalue weighted by Crippen LogP contribution is 2.63. The number of H-pyrrole nitrogens is 1. The van der Waals surface area contributed by atoms with Crippen molar-refractivity contribution in [2.75, 3.05) is 32.1 Å². The Hall–Kier alpha value is -2.22. The Morgan fingerprint density at radius 3 is 2.74 bits per heavy atom. The topological polar surface area (TPSA) is 57.4 Å². The van der Waals surface area contributed by atoms with Gasteiger partial charge in [0, 0.05) is 29.6 Å². The van der Waals surface area contributed by atoms with E-state index in [4.69, 9.17) is 4.74 Å². The average molecular weight is 478 g/mol. The van der Waals surface area contributed by atoms with E-state index in [9.17, 15) is 18.0 Å². The number of amides is 1. The fourth-order valence-electron chi connectivity index (χ4n) is 6.05. The number of nitrogens with one attached hydrogen (secondary N) is 2. The minimum atomic E-state index is -4.14. The number of carbonyl (C=O) groups excluding carboxylic acids is 1. The Labute approximate surface area is 198 Å². The lowest BCUT2D eigenvalue weighted by molar-refractivity contribution is -0.144. The van der Waals surface area contributed by atoms with Crippen molar-refractivity contribution in [2.24, 2.45) is 23.2 Å². The molecule has 2 N–H and O–H groups in total. The van der Waals surface area contributed by atoms with Gasteiger partial charge < -0.3 is 15.0 Å². The van der Waals surface area contributed by atoms with Gasteiger partial charge in [0.1, 0.15) is 5.75 Å². The number of anilines is 1. The Morgan fingerprint density at radius 1 is 1.24 bits per heavy atom. The molecule has 3 saturated carbocycles. The van der Waals surface area contributed by atoms with Crippen LogP contribution in [0.1, 0.15) is 51.4 Å². The summed E-state index contributed by atoms with van der Waals surface area (Å²) in [5, 5.41) is 4.04. The highest BCUT2D eigenvalue weighted by Gasteiger charge is 2.54. The van der Waals surface area contributed by atoms with Gasteiger partial charge in [-0.05, 0) is 93.9 Å². The third-order valence-electron chi connectivity index (χ3n) is 8.06. The van der Waals surface area contributed by atoms with E-state index in [2.05, 4.69) is 10.3 Å². The number of ether oxygens (including phenoxy) is 1. The van der Waals surface area contributed by atoms with Gasteiger partial charge in [0.25, 0.3) is 0 Å². The molecule has 2 aromatic rings. The molecule has 2 atom stereocenters. The first kappa shape index (κ1) is 23.5. The maximum Gasteiger partial charge on any atom is 0.401 e. The minimum absolute atomic E-state index is 0.112. The van der Waals surface area contributed by atoms with Gasteiger partial charge in [0.15, 0.2) is 0 Å². The normalized spacial score (nSPS) is 24.0. The van der Waals surface area contributed by atoms with Crippen molar-refractivity contribution in [1.82, 2.24) is 9.88 Å². The molecule has 1 spiro atoms. The van der Waals surface area contributed by atoms with Crippen LogP contribution in [0.25, 0.3) is 10.9 Å². The summed E-state index contributed by atoms with van der Waals surface area (Å²) >= 11 is 0. The van der Waals surface area contributed by atoms with Crippen molar-refractivity contribution < 1.29 is 22.7 Å². The number of benzene rings is 1. The first-order chi connectivity index (χ1) is 16.2. The molecule has 186 valence electrons. The van der Waals surface area contributed by atoms with E-state index >= 15 is 0 Å². The first-order valence-electron chi connectivity index (χ1n) is 12.5. The van der Waals surface area contributed by atoms with Crippen LogP contribution in [-0.2, 0) is 4.79 Å². The second kappa shape index (κ2) is 9.10. The van der Waals surface area contributed by atoms with Gasteiger partial charge in [-0.3, -0.25) is 9.69 Å². The molecule has 1 heterocycles. The first-order valence-corrected chi connectivity index (χ1v) is 12.5. The van der Waals surface area contributed by atoms with Crippen LogP contribution in [0.4, 0.5) is 18.9 Å². The smallest absolute Gasteiger partial charge is 0.401 e. The van der Waals surface area contributed by atoms with Gasteiger partial charge in [-0.2, -0.15) is 13.2 Å². The van der Waals surface area contributed by atoms with E-state index in [0.717, 1.165) is 60.9 Å². The van der Waals surface area contributed by atoms with Gasteiger partial charge in [-0.15, -0.1) is 0 Å². The summed E-state index contributed by atoms with van der Waals surface area (Å²) in [5.74, 6) is 1.83. The SMILES string of the molecule is CN(C[C@H]1CC[C@@H](CCOc2ccc3[nH]cc(NC(=O)C4CC5(CC5)C4)c3c2)C1)CC(F)(F)F. The third-order valence-corrected chi connectivity index (χ3v) is 8.06. The summed E-state index contributed by atoms with van der Waals surface area (Å²) < 4.78 is 43.7. The number of rotatable bonds is 9. The molecule has 3 fully saturated rings. The maximum atomic E-state index is 12.6. The highest BCUT2D eigenvalue weighted by atomic mass is 19.4. The molecular formula is C26H34F3N3O2. The van der Waals surface area contributed by atoms with Crippen molar-refractivity contribution >= 4 is 22.5 Å². The second-order valence-corrected chi connectivity index (χ2v) is 11.0. The summed E-state index contributed by atoms with van der Waals surface area (Å²) in [6.45, 7) is 0.234. The quantitative estimate of drug-likeness (QED) is 0.467. The molecule has 8 heteroatoms. The maximum absolute atomic E-state index is 12.6. The summed E-state index contributed by atoms with van der Waals surface area (Å²) in [5.41, 5.74) is 2.25. The van der Waals surface area contributed by atoms with Crippen LogP contribution in [-0.4, -0.2) is 48.7 Å². The molecule has 3 aliphatic rings. The van der Waals surface area contributed by atoms with Crippen LogP contribution in [0, 0.1) is 23.2 Å². The van der Waals surface area contributed by atoms with Crippen molar-refractivity contribution in [3.05, 3.63) is 24.4 Å². The van der Waals surface area contributed by atoms with Crippen molar-refractivity contribution in [3.63, 3.8) is 0 Å². The van der Waals surface area contributed by atoms with Gasteiger partial charge in [0.2, 0.25) is 5.91 Å². The van der Waals surface area contributed by atoms with Crippen molar-refractivity contribution in [3.8, 4) is 5.75 Å². The summed E-state index contributed by atoms with van der Waals surface area (Å²) in [7, 11) is 1.55. The van der Waals surface area contributed by atoms with E-state index in [-0.39, 0.29) is 11.8 Å².